The first kappa shape index (κ1) is 18.3. The van der Waals surface area contributed by atoms with Gasteiger partial charge in [0.15, 0.2) is 0 Å². The van der Waals surface area contributed by atoms with Gasteiger partial charge in [-0.2, -0.15) is 0 Å². The van der Waals surface area contributed by atoms with Crippen LogP contribution in [0, 0.1) is 12.8 Å². The maximum absolute atomic E-state index is 5.80. The van der Waals surface area contributed by atoms with Crippen LogP contribution in [0.4, 0.5) is 0 Å². The molecule has 1 saturated heterocycles. The lowest BCUT2D eigenvalue weighted by atomic mass is 9.75. The lowest BCUT2D eigenvalue weighted by molar-refractivity contribution is 0.0649. The Morgan fingerprint density at radius 1 is 1.22 bits per heavy atom. The molecule has 0 bridgehead atoms. The predicted octanol–water partition coefficient (Wildman–Crippen LogP) is 5.18. The first-order chi connectivity index (χ1) is 10.8. The maximum Gasteiger partial charge on any atom is 0.122 e. The molecule has 130 valence electrons. The number of ether oxygens (including phenoxy) is 1. The summed E-state index contributed by atoms with van der Waals surface area (Å²) in [6.07, 6.45) is 3.56. The standard InChI is InChI=1S/C21H35NO/c1-8-16-12-15(3)13-19(23-7)20(16)18-10-11-22(21(4,5)6)14-17(18)9-2/h12-13,17-18H,8-11,14H2,1-7H3. The molecule has 1 heterocycles. The zero-order valence-electron chi connectivity index (χ0n) is 16.2. The van der Waals surface area contributed by atoms with Crippen LogP contribution in [-0.4, -0.2) is 30.6 Å². The number of rotatable bonds is 4. The topological polar surface area (TPSA) is 12.5 Å². The number of piperidine rings is 1. The Morgan fingerprint density at radius 2 is 1.91 bits per heavy atom. The third-order valence-electron chi connectivity index (χ3n) is 5.55. The molecule has 0 aromatic heterocycles. The van der Waals surface area contributed by atoms with Crippen molar-refractivity contribution < 1.29 is 4.74 Å². The van der Waals surface area contributed by atoms with Crippen LogP contribution in [0.25, 0.3) is 0 Å². The molecular weight excluding hydrogens is 282 g/mol. The molecule has 1 aromatic rings. The number of hydrogen-bond donors (Lipinski definition) is 0. The van der Waals surface area contributed by atoms with Gasteiger partial charge in [0.05, 0.1) is 7.11 Å². The molecule has 1 aromatic carbocycles. The summed E-state index contributed by atoms with van der Waals surface area (Å²) in [7, 11) is 1.82. The van der Waals surface area contributed by atoms with E-state index in [0.717, 1.165) is 12.2 Å². The van der Waals surface area contributed by atoms with Crippen LogP contribution in [-0.2, 0) is 6.42 Å². The van der Waals surface area contributed by atoms with Crippen LogP contribution < -0.4 is 4.74 Å². The molecule has 2 heteroatoms. The second kappa shape index (κ2) is 7.25. The van der Waals surface area contributed by atoms with Crippen LogP contribution in [0.5, 0.6) is 5.75 Å². The average molecular weight is 318 g/mol. The summed E-state index contributed by atoms with van der Waals surface area (Å²) < 4.78 is 5.80. The molecule has 2 nitrogen and oxygen atoms in total. The van der Waals surface area contributed by atoms with Gasteiger partial charge in [-0.25, -0.2) is 0 Å². The van der Waals surface area contributed by atoms with Gasteiger partial charge in [0.1, 0.15) is 5.75 Å². The van der Waals surface area contributed by atoms with E-state index in [0.29, 0.717) is 11.8 Å². The van der Waals surface area contributed by atoms with Gasteiger partial charge in [0, 0.05) is 17.6 Å². The Labute approximate surface area is 143 Å². The number of likely N-dealkylation sites (tertiary alicyclic amines) is 1. The highest BCUT2D eigenvalue weighted by Crippen LogP contribution is 2.43. The zero-order valence-corrected chi connectivity index (χ0v) is 16.2. The molecule has 0 saturated carbocycles. The van der Waals surface area contributed by atoms with E-state index >= 15 is 0 Å². The molecule has 2 rings (SSSR count). The van der Waals surface area contributed by atoms with E-state index < -0.39 is 0 Å². The fourth-order valence-electron chi connectivity index (χ4n) is 4.15. The summed E-state index contributed by atoms with van der Waals surface area (Å²) in [4.78, 5) is 2.66. The molecule has 1 fully saturated rings. The highest BCUT2D eigenvalue weighted by atomic mass is 16.5. The Bertz CT molecular complexity index is 504. The van der Waals surface area contributed by atoms with Crippen LogP contribution in [0.3, 0.4) is 0 Å². The smallest absolute Gasteiger partial charge is 0.122 e. The monoisotopic (exact) mass is 317 g/mol. The fourth-order valence-corrected chi connectivity index (χ4v) is 4.15. The summed E-state index contributed by atoms with van der Waals surface area (Å²) in [6.45, 7) is 16.2. The Kier molecular flexibility index (Phi) is 5.78. The summed E-state index contributed by atoms with van der Waals surface area (Å²) >= 11 is 0. The van der Waals surface area contributed by atoms with E-state index in [1.165, 1.54) is 42.6 Å². The summed E-state index contributed by atoms with van der Waals surface area (Å²) in [6, 6.07) is 4.58. The number of aryl methyl sites for hydroxylation is 2. The lowest BCUT2D eigenvalue weighted by Crippen LogP contribution is -2.49. The molecule has 0 radical (unpaired) electrons. The lowest BCUT2D eigenvalue weighted by Gasteiger charge is -2.45. The Hall–Kier alpha value is -1.02. The van der Waals surface area contributed by atoms with E-state index in [9.17, 15) is 0 Å². The quantitative estimate of drug-likeness (QED) is 0.758. The van der Waals surface area contributed by atoms with Crippen LogP contribution in [0.1, 0.15) is 70.1 Å². The van der Waals surface area contributed by atoms with Gasteiger partial charge in [-0.3, -0.25) is 4.90 Å². The molecule has 0 spiro atoms. The number of methoxy groups -OCH3 is 1. The van der Waals surface area contributed by atoms with Gasteiger partial charge in [-0.1, -0.05) is 26.3 Å². The second-order valence-corrected chi connectivity index (χ2v) is 8.07. The number of hydrogen-bond acceptors (Lipinski definition) is 2. The zero-order chi connectivity index (χ0) is 17.2. The number of benzene rings is 1. The van der Waals surface area contributed by atoms with Crippen molar-refractivity contribution in [2.24, 2.45) is 5.92 Å². The largest absolute Gasteiger partial charge is 0.496 e. The van der Waals surface area contributed by atoms with Crippen molar-refractivity contribution in [2.45, 2.75) is 72.3 Å². The van der Waals surface area contributed by atoms with Crippen molar-refractivity contribution in [1.29, 1.82) is 0 Å². The van der Waals surface area contributed by atoms with Crippen molar-refractivity contribution in [1.82, 2.24) is 4.90 Å². The summed E-state index contributed by atoms with van der Waals surface area (Å²) in [5.74, 6) is 2.45. The van der Waals surface area contributed by atoms with Crippen LogP contribution in [0.15, 0.2) is 12.1 Å². The van der Waals surface area contributed by atoms with E-state index in [4.69, 9.17) is 4.74 Å². The minimum atomic E-state index is 0.267. The first-order valence-electron chi connectivity index (χ1n) is 9.24. The summed E-state index contributed by atoms with van der Waals surface area (Å²) in [5, 5.41) is 0. The second-order valence-electron chi connectivity index (χ2n) is 8.07. The van der Waals surface area contributed by atoms with Crippen LogP contribution in [0.2, 0.25) is 0 Å². The van der Waals surface area contributed by atoms with Gasteiger partial charge in [-0.05, 0) is 76.1 Å². The molecule has 2 atom stereocenters. The van der Waals surface area contributed by atoms with Crippen molar-refractivity contribution in [2.75, 3.05) is 20.2 Å². The summed E-state index contributed by atoms with van der Waals surface area (Å²) in [5.41, 5.74) is 4.54. The van der Waals surface area contributed by atoms with Crippen molar-refractivity contribution in [3.8, 4) is 5.75 Å². The van der Waals surface area contributed by atoms with Gasteiger partial charge >= 0.3 is 0 Å². The highest BCUT2D eigenvalue weighted by Gasteiger charge is 2.35. The van der Waals surface area contributed by atoms with E-state index in [-0.39, 0.29) is 5.54 Å². The van der Waals surface area contributed by atoms with Crippen molar-refractivity contribution in [3.63, 3.8) is 0 Å². The van der Waals surface area contributed by atoms with Gasteiger partial charge in [0.2, 0.25) is 0 Å². The van der Waals surface area contributed by atoms with E-state index in [2.05, 4.69) is 58.6 Å². The van der Waals surface area contributed by atoms with Gasteiger partial charge < -0.3 is 4.74 Å². The number of nitrogens with zero attached hydrogens (tertiary/aromatic N) is 1. The Balaban J connectivity index is 2.38. The molecule has 2 unspecified atom stereocenters. The SMILES string of the molecule is CCc1cc(C)cc(OC)c1C1CCN(C(C)(C)C)CC1CC. The molecule has 23 heavy (non-hydrogen) atoms. The third kappa shape index (κ3) is 3.91. The normalized spacial score (nSPS) is 23.1. The van der Waals surface area contributed by atoms with Gasteiger partial charge in [-0.15, -0.1) is 0 Å². The Morgan fingerprint density at radius 3 is 2.43 bits per heavy atom. The molecule has 0 aliphatic carbocycles. The van der Waals surface area contributed by atoms with E-state index in [1.54, 1.807) is 0 Å². The highest BCUT2D eigenvalue weighted by molar-refractivity contribution is 5.46. The molecule has 0 N–H and O–H groups in total. The minimum Gasteiger partial charge on any atom is -0.496 e. The molecule has 0 amide bonds. The molecular formula is C21H35NO. The third-order valence-corrected chi connectivity index (χ3v) is 5.55. The fraction of sp³-hybridized carbons (Fsp3) is 0.714. The van der Waals surface area contributed by atoms with Crippen LogP contribution >= 0.6 is 0 Å². The van der Waals surface area contributed by atoms with Gasteiger partial charge in [0.25, 0.3) is 0 Å². The maximum atomic E-state index is 5.80. The molecule has 1 aliphatic rings. The van der Waals surface area contributed by atoms with Crippen molar-refractivity contribution in [3.05, 3.63) is 28.8 Å². The van der Waals surface area contributed by atoms with Crippen molar-refractivity contribution >= 4 is 0 Å². The first-order valence-corrected chi connectivity index (χ1v) is 9.24. The van der Waals surface area contributed by atoms with E-state index in [1.807, 2.05) is 7.11 Å². The predicted molar refractivity (Wildman–Crippen MR) is 99.6 cm³/mol. The molecule has 1 aliphatic heterocycles. The average Bonchev–Trinajstić information content (AvgIpc) is 2.52. The minimum absolute atomic E-state index is 0.267.